The maximum Gasteiger partial charge on any atom is 0.411 e. The fourth-order valence-electron chi connectivity index (χ4n) is 3.94. The van der Waals surface area contributed by atoms with E-state index in [9.17, 15) is 17.6 Å². The van der Waals surface area contributed by atoms with Crippen molar-refractivity contribution in [1.82, 2.24) is 9.62 Å². The Bertz CT molecular complexity index is 894. The summed E-state index contributed by atoms with van der Waals surface area (Å²) in [4.78, 5) is 16.3. The van der Waals surface area contributed by atoms with Gasteiger partial charge < -0.3 is 15.7 Å². The van der Waals surface area contributed by atoms with Crippen molar-refractivity contribution in [1.29, 1.82) is 0 Å². The minimum atomic E-state index is -3.13. The highest BCUT2D eigenvalue weighted by Crippen LogP contribution is 2.36. The highest BCUT2D eigenvalue weighted by Gasteiger charge is 2.37. The van der Waals surface area contributed by atoms with E-state index in [1.54, 1.807) is 18.2 Å². The zero-order chi connectivity index (χ0) is 21.2. The average molecular weight is 428 g/mol. The lowest BCUT2D eigenvalue weighted by molar-refractivity contribution is 0.180. The third-order valence-electron chi connectivity index (χ3n) is 5.60. The lowest BCUT2D eigenvalue weighted by atomic mass is 9.80. The van der Waals surface area contributed by atoms with Crippen LogP contribution in [0.5, 0.6) is 0 Å². The van der Waals surface area contributed by atoms with Gasteiger partial charge in [0.15, 0.2) is 11.8 Å². The fraction of sp³-hybridized carbons (Fsp3) is 0.556. The Balaban J connectivity index is 1.56. The lowest BCUT2D eigenvalue weighted by Crippen LogP contribution is -2.52. The van der Waals surface area contributed by atoms with Gasteiger partial charge in [-0.2, -0.15) is 0 Å². The largest absolute Gasteiger partial charge is 0.465 e. The van der Waals surface area contributed by atoms with Crippen LogP contribution in [0.15, 0.2) is 23.2 Å². The van der Waals surface area contributed by atoms with E-state index < -0.39 is 16.1 Å². The lowest BCUT2D eigenvalue weighted by Gasteiger charge is -2.47. The van der Waals surface area contributed by atoms with Crippen LogP contribution < -0.4 is 16.0 Å². The topological polar surface area (TPSA) is 128 Å². The molecular weight excluding hydrogens is 401 g/mol. The van der Waals surface area contributed by atoms with Crippen LogP contribution >= 0.6 is 0 Å². The summed E-state index contributed by atoms with van der Waals surface area (Å²) in [5.41, 5.74) is 6.26. The molecule has 2 heterocycles. The molecule has 1 amide bonds. The standard InChI is InChI=1S/C18H26FN5O4S/c1-29(27,28)24-7-5-12(6-8-24)14-10-23(11-14)15-4-2-3-13(16(15)19)9-21-17(20)22-18(25)26/h2-4,12,14H,5-11H2,1H3,(H,25,26)(H3,20,21,22). The molecule has 4 N–H and O–H groups in total. The van der Waals surface area contributed by atoms with Gasteiger partial charge in [0.1, 0.15) is 0 Å². The molecule has 0 bridgehead atoms. The van der Waals surface area contributed by atoms with Crippen LogP contribution in [0.4, 0.5) is 14.9 Å². The molecule has 0 spiro atoms. The molecule has 2 aliphatic rings. The smallest absolute Gasteiger partial charge is 0.411 e. The zero-order valence-electron chi connectivity index (χ0n) is 16.2. The molecule has 9 nitrogen and oxygen atoms in total. The number of benzene rings is 1. The van der Waals surface area contributed by atoms with Crippen molar-refractivity contribution in [3.63, 3.8) is 0 Å². The number of nitrogens with zero attached hydrogens (tertiary/aromatic N) is 3. The first-order valence-electron chi connectivity index (χ1n) is 9.42. The maximum atomic E-state index is 14.8. The van der Waals surface area contributed by atoms with Crippen molar-refractivity contribution in [3.8, 4) is 0 Å². The second kappa shape index (κ2) is 8.54. The van der Waals surface area contributed by atoms with Gasteiger partial charge in [0.2, 0.25) is 10.0 Å². The number of nitrogens with two attached hydrogens (primary N) is 1. The number of sulfonamides is 1. The van der Waals surface area contributed by atoms with Crippen molar-refractivity contribution in [2.24, 2.45) is 22.6 Å². The molecule has 2 fully saturated rings. The van der Waals surface area contributed by atoms with Crippen molar-refractivity contribution < 1.29 is 22.7 Å². The van der Waals surface area contributed by atoms with E-state index in [4.69, 9.17) is 10.8 Å². The number of hydrogen-bond donors (Lipinski definition) is 3. The summed E-state index contributed by atoms with van der Waals surface area (Å²) >= 11 is 0. The summed E-state index contributed by atoms with van der Waals surface area (Å²) in [6.07, 6.45) is 1.58. The predicted octanol–water partition coefficient (Wildman–Crippen LogP) is 1.02. The molecule has 0 saturated carbocycles. The van der Waals surface area contributed by atoms with Crippen molar-refractivity contribution in [2.75, 3.05) is 37.3 Å². The summed E-state index contributed by atoms with van der Waals surface area (Å²) < 4.78 is 39.6. The minimum absolute atomic E-state index is 0.0625. The van der Waals surface area contributed by atoms with Gasteiger partial charge in [-0.1, -0.05) is 12.1 Å². The van der Waals surface area contributed by atoms with E-state index in [-0.39, 0.29) is 18.3 Å². The van der Waals surface area contributed by atoms with Gasteiger partial charge in [0, 0.05) is 31.7 Å². The van der Waals surface area contributed by atoms with Crippen molar-refractivity contribution in [3.05, 3.63) is 29.6 Å². The van der Waals surface area contributed by atoms with Crippen LogP contribution in [-0.2, 0) is 16.6 Å². The zero-order valence-corrected chi connectivity index (χ0v) is 17.0. The van der Waals surface area contributed by atoms with Gasteiger partial charge in [-0.3, -0.25) is 5.32 Å². The van der Waals surface area contributed by atoms with Gasteiger partial charge in [0.05, 0.1) is 18.5 Å². The number of amides is 1. The molecule has 0 aromatic heterocycles. The molecule has 1 aromatic carbocycles. The molecule has 0 aliphatic carbocycles. The monoisotopic (exact) mass is 427 g/mol. The average Bonchev–Trinajstić information content (AvgIpc) is 2.60. The number of nitrogens with one attached hydrogen (secondary N) is 1. The van der Waals surface area contributed by atoms with Gasteiger partial charge >= 0.3 is 6.09 Å². The Morgan fingerprint density at radius 1 is 1.31 bits per heavy atom. The summed E-state index contributed by atoms with van der Waals surface area (Å²) in [5, 5.41) is 10.5. The van der Waals surface area contributed by atoms with Crippen LogP contribution in [0.3, 0.4) is 0 Å². The van der Waals surface area contributed by atoms with Gasteiger partial charge in [0.25, 0.3) is 0 Å². The SMILES string of the molecule is CS(=O)(=O)N1CCC(C2CN(c3cccc(CN=C(N)NC(=O)O)c3F)C2)CC1. The van der Waals surface area contributed by atoms with E-state index >= 15 is 0 Å². The van der Waals surface area contributed by atoms with Crippen molar-refractivity contribution in [2.45, 2.75) is 19.4 Å². The van der Waals surface area contributed by atoms with Gasteiger partial charge in [-0.05, 0) is 30.7 Å². The number of rotatable bonds is 5. The second-order valence-corrected chi connectivity index (χ2v) is 9.53. The Morgan fingerprint density at radius 3 is 2.55 bits per heavy atom. The molecule has 2 aliphatic heterocycles. The Morgan fingerprint density at radius 2 is 1.97 bits per heavy atom. The molecule has 0 radical (unpaired) electrons. The number of aliphatic imine (C=N–C) groups is 1. The molecule has 29 heavy (non-hydrogen) atoms. The summed E-state index contributed by atoms with van der Waals surface area (Å²) in [6.45, 7) is 2.50. The molecule has 2 saturated heterocycles. The quantitative estimate of drug-likeness (QED) is 0.475. The van der Waals surface area contributed by atoms with Crippen molar-refractivity contribution >= 4 is 27.8 Å². The first kappa shape index (κ1) is 21.3. The third-order valence-corrected chi connectivity index (χ3v) is 6.90. The van der Waals surface area contributed by atoms with E-state index in [0.29, 0.717) is 36.2 Å². The van der Waals surface area contributed by atoms with E-state index in [2.05, 4.69) is 4.99 Å². The summed E-state index contributed by atoms with van der Waals surface area (Å²) in [5.74, 6) is 0.201. The van der Waals surface area contributed by atoms with E-state index in [0.717, 1.165) is 25.9 Å². The van der Waals surface area contributed by atoms with Crippen LogP contribution in [0.25, 0.3) is 0 Å². The highest BCUT2D eigenvalue weighted by atomic mass is 32.2. The summed E-state index contributed by atoms with van der Waals surface area (Å²) in [7, 11) is -3.13. The van der Waals surface area contributed by atoms with Crippen LogP contribution in [-0.4, -0.2) is 62.3 Å². The van der Waals surface area contributed by atoms with E-state index in [1.807, 2.05) is 10.2 Å². The number of guanidine groups is 1. The molecular formula is C18H26FN5O4S. The second-order valence-electron chi connectivity index (χ2n) is 7.55. The minimum Gasteiger partial charge on any atom is -0.465 e. The number of carbonyl (C=O) groups is 1. The third kappa shape index (κ3) is 5.15. The Labute approximate surface area is 169 Å². The first-order valence-corrected chi connectivity index (χ1v) is 11.3. The normalized spacial score (nSPS) is 19.8. The predicted molar refractivity (Wildman–Crippen MR) is 108 cm³/mol. The maximum absolute atomic E-state index is 14.8. The Hall–Kier alpha value is -2.40. The van der Waals surface area contributed by atoms with Crippen LogP contribution in [0.2, 0.25) is 0 Å². The number of piperidine rings is 1. The fourth-order valence-corrected chi connectivity index (χ4v) is 4.81. The number of halogens is 1. The van der Waals surface area contributed by atoms with Gasteiger partial charge in [-0.25, -0.2) is 26.9 Å². The number of carboxylic acid groups (broad SMARTS) is 1. The molecule has 0 unspecified atom stereocenters. The van der Waals surface area contributed by atoms with Crippen LogP contribution in [0.1, 0.15) is 18.4 Å². The molecule has 1 aromatic rings. The molecule has 0 atom stereocenters. The summed E-state index contributed by atoms with van der Waals surface area (Å²) in [6, 6.07) is 5.04. The van der Waals surface area contributed by atoms with E-state index in [1.165, 1.54) is 10.6 Å². The highest BCUT2D eigenvalue weighted by molar-refractivity contribution is 7.88. The first-order chi connectivity index (χ1) is 13.6. The molecule has 160 valence electrons. The van der Waals surface area contributed by atoms with Gasteiger partial charge in [-0.15, -0.1) is 0 Å². The van der Waals surface area contributed by atoms with Crippen LogP contribution in [0, 0.1) is 17.7 Å². The molecule has 3 rings (SSSR count). The number of hydrogen-bond acceptors (Lipinski definition) is 5. The number of anilines is 1. The molecule has 11 heteroatoms. The Kier molecular flexibility index (Phi) is 6.27.